The lowest BCUT2D eigenvalue weighted by Crippen LogP contribution is -2.28. The van der Waals surface area contributed by atoms with Gasteiger partial charge in [-0.3, -0.25) is 4.90 Å². The molecule has 1 aliphatic rings. The number of anilines is 1. The number of hydrogen-bond acceptors (Lipinski definition) is 6. The van der Waals surface area contributed by atoms with Crippen LogP contribution in [0.5, 0.6) is 0 Å². The van der Waals surface area contributed by atoms with Crippen LogP contribution >= 0.6 is 11.5 Å². The van der Waals surface area contributed by atoms with Gasteiger partial charge in [-0.05, 0) is 62.4 Å². The summed E-state index contributed by atoms with van der Waals surface area (Å²) in [6, 6.07) is 8.33. The Hall–Kier alpha value is -2.12. The fourth-order valence-electron chi connectivity index (χ4n) is 3.47. The predicted octanol–water partition coefficient (Wildman–Crippen LogP) is 3.80. The highest BCUT2D eigenvalue weighted by Gasteiger charge is 2.11. The zero-order valence-electron chi connectivity index (χ0n) is 15.6. The smallest absolute Gasteiger partial charge is 0.147 e. The molecule has 0 atom stereocenters. The zero-order valence-corrected chi connectivity index (χ0v) is 16.5. The lowest BCUT2D eigenvalue weighted by atomic mass is 10.1. The van der Waals surface area contributed by atoms with Gasteiger partial charge < -0.3 is 10.2 Å². The van der Waals surface area contributed by atoms with Gasteiger partial charge in [0.15, 0.2) is 0 Å². The molecule has 27 heavy (non-hydrogen) atoms. The van der Waals surface area contributed by atoms with E-state index in [2.05, 4.69) is 44.0 Å². The Morgan fingerprint density at radius 2 is 2.00 bits per heavy atom. The van der Waals surface area contributed by atoms with Gasteiger partial charge in [0.05, 0.1) is 17.1 Å². The van der Waals surface area contributed by atoms with E-state index >= 15 is 0 Å². The average Bonchev–Trinajstić information content (AvgIpc) is 3.32. The van der Waals surface area contributed by atoms with Crippen LogP contribution in [-0.4, -0.2) is 45.5 Å². The van der Waals surface area contributed by atoms with E-state index in [0.29, 0.717) is 6.61 Å². The van der Waals surface area contributed by atoms with E-state index < -0.39 is 0 Å². The van der Waals surface area contributed by atoms with E-state index in [1.807, 2.05) is 12.4 Å². The lowest BCUT2D eigenvalue weighted by Gasteiger charge is -2.25. The molecule has 0 radical (unpaired) electrons. The predicted molar refractivity (Wildman–Crippen MR) is 110 cm³/mol. The Labute approximate surface area is 164 Å². The van der Waals surface area contributed by atoms with Gasteiger partial charge in [0.1, 0.15) is 12.4 Å². The van der Waals surface area contributed by atoms with Crippen LogP contribution in [0.4, 0.5) is 5.82 Å². The molecule has 0 aliphatic carbocycles. The van der Waals surface area contributed by atoms with Crippen molar-refractivity contribution in [3.05, 3.63) is 42.2 Å². The van der Waals surface area contributed by atoms with Gasteiger partial charge in [-0.1, -0.05) is 18.6 Å². The molecule has 1 fully saturated rings. The Balaban J connectivity index is 1.13. The fraction of sp³-hybridized carbons (Fsp3) is 0.500. The minimum atomic E-state index is 0.671. The monoisotopic (exact) mass is 385 g/mol. The van der Waals surface area contributed by atoms with Gasteiger partial charge >= 0.3 is 0 Å². The quantitative estimate of drug-likeness (QED) is 0.568. The molecule has 1 aliphatic heterocycles. The Kier molecular flexibility index (Phi) is 6.21. The molecule has 4 rings (SSSR count). The van der Waals surface area contributed by atoms with Crippen LogP contribution in [0.1, 0.15) is 37.7 Å². The molecule has 0 unspecified atom stereocenters. The first-order chi connectivity index (χ1) is 13.4. The third-order valence-corrected chi connectivity index (χ3v) is 5.76. The van der Waals surface area contributed by atoms with Crippen molar-refractivity contribution in [1.29, 1.82) is 0 Å². The van der Waals surface area contributed by atoms with E-state index in [-0.39, 0.29) is 0 Å². The first kappa shape index (κ1) is 18.3. The van der Waals surface area contributed by atoms with Gasteiger partial charge in [-0.25, -0.2) is 0 Å². The summed E-state index contributed by atoms with van der Waals surface area (Å²) in [6.07, 6.45) is 9.94. The van der Waals surface area contributed by atoms with Crippen LogP contribution < -0.4 is 10.2 Å². The molecule has 2 aromatic heterocycles. The van der Waals surface area contributed by atoms with Crippen molar-refractivity contribution in [2.24, 2.45) is 0 Å². The summed E-state index contributed by atoms with van der Waals surface area (Å²) in [5.41, 5.74) is 1.23. The van der Waals surface area contributed by atoms with E-state index in [0.717, 1.165) is 31.7 Å². The molecule has 7 heteroatoms. The third kappa shape index (κ3) is 4.99. The molecule has 0 spiro atoms. The maximum absolute atomic E-state index is 5.73. The van der Waals surface area contributed by atoms with Gasteiger partial charge in [0, 0.05) is 24.0 Å². The van der Waals surface area contributed by atoms with Crippen molar-refractivity contribution in [3.63, 3.8) is 0 Å². The van der Waals surface area contributed by atoms with Gasteiger partial charge in [0.2, 0.25) is 0 Å². The second-order valence-corrected chi connectivity index (χ2v) is 7.89. The van der Waals surface area contributed by atoms with Crippen LogP contribution in [0.15, 0.2) is 36.7 Å². The molecule has 0 saturated carbocycles. The number of hydrogen-bond donors (Lipinski definition) is 1. The maximum atomic E-state index is 5.73. The molecule has 3 heterocycles. The molecule has 0 bridgehead atoms. The standard InChI is InChI=1S/C20H27N5OS/c1-5-11-24(12-6-1)15-17-14-22-25(16-17)26-13-7-4-10-21-20-18-8-2-3-9-19(18)27-23-20/h2-3,8-9,14,16H,1,4-7,10-13,15H2,(H,21,23). The van der Waals surface area contributed by atoms with Crippen LogP contribution in [-0.2, 0) is 6.54 Å². The van der Waals surface area contributed by atoms with Gasteiger partial charge in [0.25, 0.3) is 0 Å². The van der Waals surface area contributed by atoms with E-state index in [1.54, 1.807) is 16.4 Å². The molecule has 0 amide bonds. The second kappa shape index (κ2) is 9.19. The topological polar surface area (TPSA) is 55.2 Å². The number of likely N-dealkylation sites (tertiary alicyclic amines) is 1. The van der Waals surface area contributed by atoms with Crippen molar-refractivity contribution in [2.45, 2.75) is 38.6 Å². The minimum absolute atomic E-state index is 0.671. The Morgan fingerprint density at radius 1 is 1.11 bits per heavy atom. The number of benzene rings is 1. The highest BCUT2D eigenvalue weighted by Crippen LogP contribution is 2.25. The second-order valence-electron chi connectivity index (χ2n) is 7.08. The first-order valence-electron chi connectivity index (χ1n) is 9.86. The van der Waals surface area contributed by atoms with E-state index in [9.17, 15) is 0 Å². The Morgan fingerprint density at radius 3 is 2.93 bits per heavy atom. The van der Waals surface area contributed by atoms with Crippen molar-refractivity contribution >= 4 is 27.4 Å². The van der Waals surface area contributed by atoms with Crippen LogP contribution in [0.25, 0.3) is 10.1 Å². The SMILES string of the molecule is c1ccc2c(NCCCCOn3cc(CN4CCCCC4)cn3)nsc2c1. The molecule has 144 valence electrons. The minimum Gasteiger partial charge on any atom is -0.397 e. The van der Waals surface area contributed by atoms with Crippen molar-refractivity contribution in [2.75, 3.05) is 31.6 Å². The van der Waals surface area contributed by atoms with Crippen molar-refractivity contribution < 1.29 is 4.84 Å². The van der Waals surface area contributed by atoms with E-state index in [4.69, 9.17) is 4.84 Å². The number of unbranched alkanes of at least 4 members (excludes halogenated alkanes) is 1. The largest absolute Gasteiger partial charge is 0.397 e. The normalized spacial score (nSPS) is 15.3. The first-order valence-corrected chi connectivity index (χ1v) is 10.6. The van der Waals surface area contributed by atoms with E-state index in [1.165, 1.54) is 48.0 Å². The Bertz CT molecular complexity index is 840. The molecule has 6 nitrogen and oxygen atoms in total. The van der Waals surface area contributed by atoms with Crippen LogP contribution in [0.2, 0.25) is 0 Å². The number of piperidine rings is 1. The molecule has 3 aromatic rings. The number of aromatic nitrogens is 3. The summed E-state index contributed by atoms with van der Waals surface area (Å²) in [4.78, 5) is 9.84. The number of nitrogens with one attached hydrogen (secondary N) is 1. The fourth-order valence-corrected chi connectivity index (χ4v) is 4.23. The number of rotatable bonds is 9. The molecule has 1 saturated heterocycles. The van der Waals surface area contributed by atoms with Gasteiger partial charge in [-0.15, -0.1) is 9.94 Å². The summed E-state index contributed by atoms with van der Waals surface area (Å²) in [5.74, 6) is 0.992. The van der Waals surface area contributed by atoms with Crippen LogP contribution in [0, 0.1) is 0 Å². The average molecular weight is 386 g/mol. The summed E-state index contributed by atoms with van der Waals surface area (Å²) in [5, 5.41) is 8.95. The number of nitrogens with zero attached hydrogens (tertiary/aromatic N) is 4. The summed E-state index contributed by atoms with van der Waals surface area (Å²) < 4.78 is 5.72. The zero-order chi connectivity index (χ0) is 18.3. The van der Waals surface area contributed by atoms with Crippen molar-refractivity contribution in [1.82, 2.24) is 19.2 Å². The number of fused-ring (bicyclic) bond motifs is 1. The summed E-state index contributed by atoms with van der Waals surface area (Å²) in [6.45, 7) is 4.95. The summed E-state index contributed by atoms with van der Waals surface area (Å²) in [7, 11) is 0. The lowest BCUT2D eigenvalue weighted by molar-refractivity contribution is 0.0797. The molecular formula is C20H27N5OS. The third-order valence-electron chi connectivity index (χ3n) is 4.93. The summed E-state index contributed by atoms with van der Waals surface area (Å²) >= 11 is 1.54. The van der Waals surface area contributed by atoms with Crippen molar-refractivity contribution in [3.8, 4) is 0 Å². The highest BCUT2D eigenvalue weighted by molar-refractivity contribution is 7.13. The highest BCUT2D eigenvalue weighted by atomic mass is 32.1. The molecular weight excluding hydrogens is 358 g/mol. The molecule has 1 aromatic carbocycles. The van der Waals surface area contributed by atoms with Gasteiger partial charge in [-0.2, -0.15) is 4.37 Å². The maximum Gasteiger partial charge on any atom is 0.147 e. The van der Waals surface area contributed by atoms with Crippen LogP contribution in [0.3, 0.4) is 0 Å². The molecule has 1 N–H and O–H groups in total.